The van der Waals surface area contributed by atoms with Gasteiger partial charge in [0.15, 0.2) is 0 Å². The Morgan fingerprint density at radius 1 is 1.45 bits per heavy atom. The topological polar surface area (TPSA) is 82.1 Å². The van der Waals surface area contributed by atoms with Crippen LogP contribution < -0.4 is 10.6 Å². The molecular weight excluding hydrogens is 280 g/mol. The maximum absolute atomic E-state index is 5.87. The van der Waals surface area contributed by atoms with Gasteiger partial charge in [0.05, 0.1) is 12.3 Å². The molecule has 0 aliphatic carbocycles. The van der Waals surface area contributed by atoms with Crippen LogP contribution in [-0.2, 0) is 11.3 Å². The van der Waals surface area contributed by atoms with Crippen molar-refractivity contribution in [2.75, 3.05) is 37.4 Å². The molecule has 2 aromatic heterocycles. The SMILES string of the molecule is CN(CCCn1cccn1)c1cc([C@@H]2CCOC2)nc(N)n1. The number of aryl methyl sites for hydroxylation is 1. The predicted molar refractivity (Wildman–Crippen MR) is 84.7 cm³/mol. The van der Waals surface area contributed by atoms with Gasteiger partial charge in [-0.1, -0.05) is 0 Å². The van der Waals surface area contributed by atoms with Gasteiger partial charge in [-0.15, -0.1) is 0 Å². The van der Waals surface area contributed by atoms with Crippen LogP contribution in [0.2, 0.25) is 0 Å². The minimum atomic E-state index is 0.332. The highest BCUT2D eigenvalue weighted by Crippen LogP contribution is 2.26. The molecule has 0 unspecified atom stereocenters. The van der Waals surface area contributed by atoms with Gasteiger partial charge in [0, 0.05) is 51.1 Å². The number of hydrogen-bond acceptors (Lipinski definition) is 6. The molecule has 1 saturated heterocycles. The summed E-state index contributed by atoms with van der Waals surface area (Å²) >= 11 is 0. The quantitative estimate of drug-likeness (QED) is 0.865. The Hall–Kier alpha value is -2.15. The van der Waals surface area contributed by atoms with Gasteiger partial charge in [-0.05, 0) is 18.9 Å². The molecule has 0 aromatic carbocycles. The Balaban J connectivity index is 1.62. The average Bonchev–Trinajstić information content (AvgIpc) is 3.20. The fourth-order valence-electron chi connectivity index (χ4n) is 2.66. The zero-order chi connectivity index (χ0) is 15.4. The molecule has 0 bridgehead atoms. The van der Waals surface area contributed by atoms with Crippen molar-refractivity contribution in [3.05, 3.63) is 30.2 Å². The van der Waals surface area contributed by atoms with E-state index in [4.69, 9.17) is 10.5 Å². The number of hydrogen-bond donors (Lipinski definition) is 1. The van der Waals surface area contributed by atoms with Gasteiger partial charge in [0.2, 0.25) is 5.95 Å². The number of nitrogen functional groups attached to an aromatic ring is 1. The van der Waals surface area contributed by atoms with E-state index in [9.17, 15) is 0 Å². The first-order valence-electron chi connectivity index (χ1n) is 7.63. The number of rotatable bonds is 6. The van der Waals surface area contributed by atoms with E-state index in [1.165, 1.54) is 0 Å². The van der Waals surface area contributed by atoms with Gasteiger partial charge in [-0.3, -0.25) is 4.68 Å². The van der Waals surface area contributed by atoms with Crippen molar-refractivity contribution in [1.29, 1.82) is 0 Å². The number of nitrogens with zero attached hydrogens (tertiary/aromatic N) is 5. The van der Waals surface area contributed by atoms with Crippen molar-refractivity contribution < 1.29 is 4.74 Å². The van der Waals surface area contributed by atoms with Crippen LogP contribution in [0.4, 0.5) is 11.8 Å². The smallest absolute Gasteiger partial charge is 0.222 e. The molecule has 2 aromatic rings. The standard InChI is InChI=1S/C15H22N6O/c1-20(6-3-8-21-7-2-5-17-21)14-10-13(18-15(16)19-14)12-4-9-22-11-12/h2,5,7,10,12H,3-4,6,8-9,11H2,1H3,(H2,16,18,19)/t12-/m1/s1. The van der Waals surface area contributed by atoms with Crippen LogP contribution in [0.15, 0.2) is 24.5 Å². The van der Waals surface area contributed by atoms with Crippen LogP contribution in [-0.4, -0.2) is 46.6 Å². The lowest BCUT2D eigenvalue weighted by molar-refractivity contribution is 0.193. The second kappa shape index (κ2) is 6.74. The summed E-state index contributed by atoms with van der Waals surface area (Å²) in [5, 5.41) is 4.20. The van der Waals surface area contributed by atoms with E-state index in [1.54, 1.807) is 6.20 Å². The molecule has 1 atom stereocenters. The second-order valence-electron chi connectivity index (χ2n) is 5.61. The molecule has 0 spiro atoms. The molecule has 0 amide bonds. The van der Waals surface area contributed by atoms with Crippen molar-refractivity contribution in [3.63, 3.8) is 0 Å². The van der Waals surface area contributed by atoms with Crippen molar-refractivity contribution >= 4 is 11.8 Å². The summed E-state index contributed by atoms with van der Waals surface area (Å²) in [5.74, 6) is 1.54. The Bertz CT molecular complexity index is 594. The maximum atomic E-state index is 5.87. The highest BCUT2D eigenvalue weighted by molar-refractivity contribution is 5.43. The van der Waals surface area contributed by atoms with E-state index in [2.05, 4.69) is 20.0 Å². The third-order valence-corrected chi connectivity index (χ3v) is 3.93. The molecule has 3 rings (SSSR count). The minimum absolute atomic E-state index is 0.332. The van der Waals surface area contributed by atoms with Crippen LogP contribution in [0, 0.1) is 0 Å². The molecule has 1 aliphatic rings. The Morgan fingerprint density at radius 3 is 3.09 bits per heavy atom. The van der Waals surface area contributed by atoms with Gasteiger partial charge in [-0.25, -0.2) is 4.98 Å². The van der Waals surface area contributed by atoms with Crippen molar-refractivity contribution in [2.45, 2.75) is 25.3 Å². The summed E-state index contributed by atoms with van der Waals surface area (Å²) in [7, 11) is 2.03. The van der Waals surface area contributed by atoms with Crippen LogP contribution in [0.1, 0.15) is 24.5 Å². The lowest BCUT2D eigenvalue weighted by Gasteiger charge is -2.20. The highest BCUT2D eigenvalue weighted by atomic mass is 16.5. The van der Waals surface area contributed by atoms with Crippen LogP contribution in [0.3, 0.4) is 0 Å². The van der Waals surface area contributed by atoms with Gasteiger partial charge < -0.3 is 15.4 Å². The molecule has 2 N–H and O–H groups in total. The summed E-state index contributed by atoms with van der Waals surface area (Å²) in [6.07, 6.45) is 5.76. The minimum Gasteiger partial charge on any atom is -0.381 e. The first-order valence-corrected chi connectivity index (χ1v) is 7.63. The van der Waals surface area contributed by atoms with E-state index < -0.39 is 0 Å². The molecule has 7 heteroatoms. The molecule has 3 heterocycles. The third-order valence-electron chi connectivity index (χ3n) is 3.93. The van der Waals surface area contributed by atoms with Crippen LogP contribution >= 0.6 is 0 Å². The van der Waals surface area contributed by atoms with Crippen LogP contribution in [0.5, 0.6) is 0 Å². The van der Waals surface area contributed by atoms with Crippen molar-refractivity contribution in [3.8, 4) is 0 Å². The monoisotopic (exact) mass is 302 g/mol. The van der Waals surface area contributed by atoms with Crippen molar-refractivity contribution in [1.82, 2.24) is 19.7 Å². The van der Waals surface area contributed by atoms with Crippen molar-refractivity contribution in [2.24, 2.45) is 0 Å². The number of anilines is 2. The number of nitrogens with two attached hydrogens (primary N) is 1. The normalized spacial score (nSPS) is 17.8. The highest BCUT2D eigenvalue weighted by Gasteiger charge is 2.21. The van der Waals surface area contributed by atoms with E-state index >= 15 is 0 Å². The molecule has 22 heavy (non-hydrogen) atoms. The molecule has 118 valence electrons. The third kappa shape index (κ3) is 3.54. The maximum Gasteiger partial charge on any atom is 0.222 e. The number of aromatic nitrogens is 4. The molecule has 0 saturated carbocycles. The lowest BCUT2D eigenvalue weighted by Crippen LogP contribution is -2.22. The number of ether oxygens (including phenoxy) is 1. The summed E-state index contributed by atoms with van der Waals surface area (Å²) in [6.45, 7) is 3.29. The first-order chi connectivity index (χ1) is 10.7. The molecule has 0 radical (unpaired) electrons. The molecular formula is C15H22N6O. The fourth-order valence-corrected chi connectivity index (χ4v) is 2.66. The summed E-state index contributed by atoms with van der Waals surface area (Å²) < 4.78 is 7.37. The Morgan fingerprint density at radius 2 is 2.36 bits per heavy atom. The Kier molecular flexibility index (Phi) is 4.53. The molecule has 7 nitrogen and oxygen atoms in total. The van der Waals surface area contributed by atoms with E-state index in [-0.39, 0.29) is 0 Å². The van der Waals surface area contributed by atoms with Gasteiger partial charge in [0.1, 0.15) is 5.82 Å². The summed E-state index contributed by atoms with van der Waals surface area (Å²) in [6, 6.07) is 3.97. The predicted octanol–water partition coefficient (Wildman–Crippen LogP) is 1.29. The Labute approximate surface area is 130 Å². The molecule has 1 aliphatic heterocycles. The zero-order valence-corrected chi connectivity index (χ0v) is 12.9. The zero-order valence-electron chi connectivity index (χ0n) is 12.9. The largest absolute Gasteiger partial charge is 0.381 e. The second-order valence-corrected chi connectivity index (χ2v) is 5.61. The van der Waals surface area contributed by atoms with Gasteiger partial charge >= 0.3 is 0 Å². The van der Waals surface area contributed by atoms with Gasteiger partial charge in [-0.2, -0.15) is 10.1 Å². The van der Waals surface area contributed by atoms with E-state index in [1.807, 2.05) is 30.1 Å². The lowest BCUT2D eigenvalue weighted by atomic mass is 10.0. The summed E-state index contributed by atoms with van der Waals surface area (Å²) in [4.78, 5) is 10.8. The van der Waals surface area contributed by atoms with Crippen LogP contribution in [0.25, 0.3) is 0 Å². The van der Waals surface area contributed by atoms with E-state index in [0.29, 0.717) is 11.9 Å². The first kappa shape index (κ1) is 14.8. The van der Waals surface area contributed by atoms with Gasteiger partial charge in [0.25, 0.3) is 0 Å². The average molecular weight is 302 g/mol. The fraction of sp³-hybridized carbons (Fsp3) is 0.533. The summed E-state index contributed by atoms with van der Waals surface area (Å²) in [5.41, 5.74) is 6.85. The molecule has 1 fully saturated rings. The van der Waals surface area contributed by atoms with E-state index in [0.717, 1.165) is 50.7 Å².